The number of fused-ring (bicyclic) bond motifs is 1. The van der Waals surface area contributed by atoms with Crippen molar-refractivity contribution in [2.45, 2.75) is 25.2 Å². The Kier molecular flexibility index (Phi) is 4.76. The van der Waals surface area contributed by atoms with Gasteiger partial charge < -0.3 is 4.90 Å². The number of carbonyl (C=O) groups is 1. The zero-order valence-electron chi connectivity index (χ0n) is 14.7. The van der Waals surface area contributed by atoms with Crippen LogP contribution in [0.4, 0.5) is 13.2 Å². The predicted molar refractivity (Wildman–Crippen MR) is 103 cm³/mol. The van der Waals surface area contributed by atoms with Crippen LogP contribution in [0.3, 0.4) is 0 Å². The number of hydrogen-bond acceptors (Lipinski definition) is 4. The standard InChI is InChI=1S/C18H15F3IN5O/c1-10-4-15(27-17(25-10)23-9-24-27)12-6-18(20,21)8-26(7-12)16(28)11-2-3-13(19)14(22)5-11/h2-5,9,12H,6-8H2,1H3/t12-/m0/s1. The fourth-order valence-corrected chi connectivity index (χ4v) is 4.03. The molecule has 3 aromatic rings. The zero-order chi connectivity index (χ0) is 20.1. The smallest absolute Gasteiger partial charge is 0.266 e. The maximum absolute atomic E-state index is 14.5. The van der Waals surface area contributed by atoms with E-state index >= 15 is 0 Å². The molecular weight excluding hydrogens is 486 g/mol. The molecule has 6 nitrogen and oxygen atoms in total. The SMILES string of the molecule is Cc1cc([C@@H]2CN(C(=O)c3ccc(F)c(I)c3)CC(F)(F)C2)n2ncnc2n1. The molecule has 4 rings (SSSR count). The number of rotatable bonds is 2. The summed E-state index contributed by atoms with van der Waals surface area (Å²) in [6.07, 6.45) is 0.908. The summed E-state index contributed by atoms with van der Waals surface area (Å²) >= 11 is 1.77. The van der Waals surface area contributed by atoms with Crippen molar-refractivity contribution in [3.8, 4) is 0 Å². The molecule has 1 atom stereocenters. The molecule has 1 aliphatic rings. The van der Waals surface area contributed by atoms with Crippen LogP contribution in [0.5, 0.6) is 0 Å². The molecule has 0 saturated carbocycles. The molecule has 146 valence electrons. The van der Waals surface area contributed by atoms with Crippen molar-refractivity contribution in [2.24, 2.45) is 0 Å². The van der Waals surface area contributed by atoms with Crippen LogP contribution in [0, 0.1) is 16.3 Å². The van der Waals surface area contributed by atoms with Crippen LogP contribution < -0.4 is 0 Å². The van der Waals surface area contributed by atoms with Gasteiger partial charge in [0.05, 0.1) is 12.2 Å². The molecule has 3 heterocycles. The number of likely N-dealkylation sites (tertiary alicyclic amines) is 1. The molecule has 0 bridgehead atoms. The number of aryl methyl sites for hydroxylation is 1. The number of amides is 1. The molecule has 0 spiro atoms. The van der Waals surface area contributed by atoms with Gasteiger partial charge >= 0.3 is 0 Å². The Morgan fingerprint density at radius 2 is 2.11 bits per heavy atom. The molecule has 28 heavy (non-hydrogen) atoms. The van der Waals surface area contributed by atoms with Crippen LogP contribution in [-0.2, 0) is 0 Å². The summed E-state index contributed by atoms with van der Waals surface area (Å²) < 4.78 is 44.2. The lowest BCUT2D eigenvalue weighted by atomic mass is 9.91. The molecule has 1 saturated heterocycles. The van der Waals surface area contributed by atoms with Crippen LogP contribution in [0.2, 0.25) is 0 Å². The van der Waals surface area contributed by atoms with Gasteiger partial charge in [-0.25, -0.2) is 22.7 Å². The van der Waals surface area contributed by atoms with Crippen molar-refractivity contribution in [1.82, 2.24) is 24.5 Å². The first-order valence-corrected chi connectivity index (χ1v) is 9.61. The van der Waals surface area contributed by atoms with Gasteiger partial charge in [0.2, 0.25) is 0 Å². The summed E-state index contributed by atoms with van der Waals surface area (Å²) in [5.41, 5.74) is 1.35. The summed E-state index contributed by atoms with van der Waals surface area (Å²) in [7, 11) is 0. The topological polar surface area (TPSA) is 63.4 Å². The lowest BCUT2D eigenvalue weighted by molar-refractivity contribution is -0.0641. The second-order valence-corrected chi connectivity index (χ2v) is 8.03. The maximum Gasteiger partial charge on any atom is 0.266 e. The first kappa shape index (κ1) is 19.1. The first-order chi connectivity index (χ1) is 13.2. The van der Waals surface area contributed by atoms with E-state index in [-0.39, 0.29) is 15.7 Å². The Morgan fingerprint density at radius 1 is 1.32 bits per heavy atom. The fourth-order valence-electron chi connectivity index (χ4n) is 3.51. The van der Waals surface area contributed by atoms with E-state index in [1.165, 1.54) is 29.0 Å². The third-order valence-corrected chi connectivity index (χ3v) is 5.51. The lowest BCUT2D eigenvalue weighted by Crippen LogP contribution is -2.49. The molecule has 1 amide bonds. The molecule has 2 aromatic heterocycles. The summed E-state index contributed by atoms with van der Waals surface area (Å²) in [5.74, 6) is -4.38. The molecule has 0 radical (unpaired) electrons. The van der Waals surface area contributed by atoms with Crippen molar-refractivity contribution in [3.63, 3.8) is 0 Å². The van der Waals surface area contributed by atoms with Gasteiger partial charge in [-0.3, -0.25) is 4.79 Å². The predicted octanol–water partition coefficient (Wildman–Crippen LogP) is 3.44. The number of aromatic nitrogens is 4. The summed E-state index contributed by atoms with van der Waals surface area (Å²) in [6, 6.07) is 5.54. The van der Waals surface area contributed by atoms with Crippen LogP contribution in [0.25, 0.3) is 5.78 Å². The van der Waals surface area contributed by atoms with Crippen molar-refractivity contribution in [2.75, 3.05) is 13.1 Å². The zero-order valence-corrected chi connectivity index (χ0v) is 16.9. The van der Waals surface area contributed by atoms with E-state index in [2.05, 4.69) is 15.1 Å². The van der Waals surface area contributed by atoms with Gasteiger partial charge in [0, 0.05) is 33.7 Å². The van der Waals surface area contributed by atoms with E-state index in [0.717, 1.165) is 4.90 Å². The highest BCUT2D eigenvalue weighted by Gasteiger charge is 2.43. The van der Waals surface area contributed by atoms with Crippen molar-refractivity contribution < 1.29 is 18.0 Å². The quantitative estimate of drug-likeness (QED) is 0.505. The number of alkyl halides is 2. The van der Waals surface area contributed by atoms with E-state index < -0.39 is 36.5 Å². The van der Waals surface area contributed by atoms with Crippen LogP contribution >= 0.6 is 22.6 Å². The van der Waals surface area contributed by atoms with Gasteiger partial charge in [-0.1, -0.05) is 0 Å². The van der Waals surface area contributed by atoms with Crippen LogP contribution in [0.1, 0.15) is 34.1 Å². The highest BCUT2D eigenvalue weighted by atomic mass is 127. The van der Waals surface area contributed by atoms with Crippen molar-refractivity contribution >= 4 is 34.3 Å². The number of piperidine rings is 1. The monoisotopic (exact) mass is 501 g/mol. The van der Waals surface area contributed by atoms with Gasteiger partial charge in [0.1, 0.15) is 12.1 Å². The number of nitrogens with zero attached hydrogens (tertiary/aromatic N) is 5. The average molecular weight is 501 g/mol. The number of benzene rings is 1. The highest BCUT2D eigenvalue weighted by Crippen LogP contribution is 2.37. The van der Waals surface area contributed by atoms with Gasteiger partial charge in [0.15, 0.2) is 0 Å². The number of halogens is 4. The summed E-state index contributed by atoms with van der Waals surface area (Å²) in [5, 5.41) is 4.08. The fraction of sp³-hybridized carbons (Fsp3) is 0.333. The molecule has 1 aliphatic heterocycles. The van der Waals surface area contributed by atoms with Crippen molar-refractivity contribution in [1.29, 1.82) is 0 Å². The Morgan fingerprint density at radius 3 is 2.86 bits per heavy atom. The largest absolute Gasteiger partial charge is 0.332 e. The summed E-state index contributed by atoms with van der Waals surface area (Å²) in [4.78, 5) is 22.2. The molecule has 1 fully saturated rings. The second kappa shape index (κ2) is 6.98. The molecule has 0 aliphatic carbocycles. The van der Waals surface area contributed by atoms with Gasteiger partial charge in [-0.05, 0) is 53.8 Å². The Labute approximate surface area is 171 Å². The molecule has 0 N–H and O–H groups in total. The van der Waals surface area contributed by atoms with E-state index in [0.29, 0.717) is 17.2 Å². The minimum atomic E-state index is -3.06. The molecule has 0 unspecified atom stereocenters. The summed E-state index contributed by atoms with van der Waals surface area (Å²) in [6.45, 7) is 1.17. The minimum absolute atomic E-state index is 0.0980. The average Bonchev–Trinajstić information content (AvgIpc) is 3.09. The molecule has 1 aromatic carbocycles. The van der Waals surface area contributed by atoms with Gasteiger partial charge in [-0.2, -0.15) is 10.1 Å². The number of carbonyl (C=O) groups excluding carboxylic acids is 1. The molecule has 10 heteroatoms. The van der Waals surface area contributed by atoms with Gasteiger partial charge in [-0.15, -0.1) is 0 Å². The van der Waals surface area contributed by atoms with E-state index in [9.17, 15) is 18.0 Å². The maximum atomic E-state index is 14.5. The Bertz CT molecular complexity index is 1070. The second-order valence-electron chi connectivity index (χ2n) is 6.87. The van der Waals surface area contributed by atoms with Crippen LogP contribution in [0.15, 0.2) is 30.6 Å². The lowest BCUT2D eigenvalue weighted by Gasteiger charge is -2.37. The third kappa shape index (κ3) is 3.56. The normalized spacial score (nSPS) is 19.2. The first-order valence-electron chi connectivity index (χ1n) is 8.53. The third-order valence-electron chi connectivity index (χ3n) is 4.69. The van der Waals surface area contributed by atoms with Crippen molar-refractivity contribution in [3.05, 3.63) is 56.9 Å². The number of hydrogen-bond donors (Lipinski definition) is 0. The van der Waals surface area contributed by atoms with E-state index in [1.54, 1.807) is 35.6 Å². The van der Waals surface area contributed by atoms with E-state index in [1.807, 2.05) is 0 Å². The Hall–Kier alpha value is -2.24. The minimum Gasteiger partial charge on any atom is -0.332 e. The van der Waals surface area contributed by atoms with Gasteiger partial charge in [0.25, 0.3) is 17.6 Å². The van der Waals surface area contributed by atoms with E-state index in [4.69, 9.17) is 0 Å². The highest BCUT2D eigenvalue weighted by molar-refractivity contribution is 14.1. The van der Waals surface area contributed by atoms with Crippen LogP contribution in [-0.4, -0.2) is 49.4 Å². The Balaban J connectivity index is 1.69. The molecular formula is C18H15F3IN5O.